The molecule has 0 heterocycles. The van der Waals surface area contributed by atoms with Gasteiger partial charge in [0, 0.05) is 5.92 Å². The van der Waals surface area contributed by atoms with Crippen molar-refractivity contribution in [3.05, 3.63) is 0 Å². The number of hydrogen-bond acceptors (Lipinski definition) is 3. The van der Waals surface area contributed by atoms with E-state index in [2.05, 4.69) is 19.2 Å². The van der Waals surface area contributed by atoms with Gasteiger partial charge in [0.05, 0.1) is 19.3 Å². The van der Waals surface area contributed by atoms with Gasteiger partial charge in [0.2, 0.25) is 5.91 Å². The molecule has 0 bridgehead atoms. The maximum atomic E-state index is 11.9. The van der Waals surface area contributed by atoms with Gasteiger partial charge in [-0.2, -0.15) is 0 Å². The van der Waals surface area contributed by atoms with Gasteiger partial charge in [0.25, 0.3) is 0 Å². The number of rotatable bonds is 4. The lowest BCUT2D eigenvalue weighted by atomic mass is 9.81. The monoisotopic (exact) mass is 215 g/mol. The molecule has 0 radical (unpaired) electrons. The van der Waals surface area contributed by atoms with Crippen LogP contribution in [-0.2, 0) is 4.79 Å². The third-order valence-electron chi connectivity index (χ3n) is 3.36. The molecule has 0 saturated heterocycles. The molecule has 1 unspecified atom stereocenters. The molecular formula is C11H21NO3. The summed E-state index contributed by atoms with van der Waals surface area (Å²) in [6.45, 7) is 3.76. The lowest BCUT2D eigenvalue weighted by Gasteiger charge is -2.27. The fraction of sp³-hybridized carbons (Fsp3) is 0.909. The molecule has 88 valence electrons. The molecule has 1 aliphatic rings. The summed E-state index contributed by atoms with van der Waals surface area (Å²) in [5, 5.41) is 20.4. The Hall–Kier alpha value is -0.610. The summed E-state index contributed by atoms with van der Waals surface area (Å²) in [7, 11) is 0. The number of nitrogens with one attached hydrogen (secondary N) is 1. The van der Waals surface area contributed by atoms with Crippen molar-refractivity contribution in [2.45, 2.75) is 39.2 Å². The number of aliphatic hydroxyl groups is 2. The van der Waals surface area contributed by atoms with Crippen LogP contribution < -0.4 is 5.32 Å². The van der Waals surface area contributed by atoms with Gasteiger partial charge in [-0.15, -0.1) is 0 Å². The first-order valence-corrected chi connectivity index (χ1v) is 5.53. The van der Waals surface area contributed by atoms with Crippen LogP contribution in [0.1, 0.15) is 33.1 Å². The van der Waals surface area contributed by atoms with Crippen LogP contribution in [0.15, 0.2) is 0 Å². The highest BCUT2D eigenvalue weighted by Crippen LogP contribution is 2.42. The predicted octanol–water partition coefficient (Wildman–Crippen LogP) is 0.282. The van der Waals surface area contributed by atoms with Gasteiger partial charge in [-0.05, 0) is 18.3 Å². The molecule has 1 saturated carbocycles. The minimum atomic E-state index is -0.520. The second-order valence-electron chi connectivity index (χ2n) is 5.00. The van der Waals surface area contributed by atoms with Crippen LogP contribution in [0, 0.1) is 11.3 Å². The second kappa shape index (κ2) is 4.94. The molecule has 1 rings (SSSR count). The van der Waals surface area contributed by atoms with Gasteiger partial charge in [0.15, 0.2) is 0 Å². The molecule has 4 heteroatoms. The predicted molar refractivity (Wildman–Crippen MR) is 57.2 cm³/mol. The average molecular weight is 215 g/mol. The van der Waals surface area contributed by atoms with Crippen LogP contribution in [0.2, 0.25) is 0 Å². The second-order valence-corrected chi connectivity index (χ2v) is 5.00. The van der Waals surface area contributed by atoms with Crippen molar-refractivity contribution in [2.24, 2.45) is 11.3 Å². The molecule has 1 amide bonds. The zero-order valence-electron chi connectivity index (χ0n) is 9.49. The van der Waals surface area contributed by atoms with E-state index in [1.807, 2.05) is 0 Å². The fourth-order valence-corrected chi connectivity index (χ4v) is 2.26. The van der Waals surface area contributed by atoms with E-state index in [-0.39, 0.29) is 30.5 Å². The normalized spacial score (nSPS) is 24.5. The lowest BCUT2D eigenvalue weighted by Crippen LogP contribution is -2.45. The van der Waals surface area contributed by atoms with Crippen LogP contribution in [0.4, 0.5) is 0 Å². The van der Waals surface area contributed by atoms with Crippen molar-refractivity contribution in [3.63, 3.8) is 0 Å². The summed E-state index contributed by atoms with van der Waals surface area (Å²) in [5.74, 6) is -0.0244. The molecule has 0 aromatic rings. The molecule has 0 aromatic heterocycles. The third kappa shape index (κ3) is 2.92. The summed E-state index contributed by atoms with van der Waals surface area (Å²) in [5.41, 5.74) is 0.0412. The van der Waals surface area contributed by atoms with Crippen molar-refractivity contribution in [2.75, 3.05) is 13.2 Å². The number of amides is 1. The Morgan fingerprint density at radius 3 is 2.47 bits per heavy atom. The smallest absolute Gasteiger partial charge is 0.224 e. The Bertz CT molecular complexity index is 224. The molecule has 0 aliphatic heterocycles. The first kappa shape index (κ1) is 12.5. The molecule has 0 aromatic carbocycles. The zero-order valence-corrected chi connectivity index (χ0v) is 9.49. The number of hydrogen-bond donors (Lipinski definition) is 3. The number of carbonyl (C=O) groups excluding carboxylic acids is 1. The van der Waals surface area contributed by atoms with E-state index < -0.39 is 6.04 Å². The zero-order chi connectivity index (χ0) is 11.5. The largest absolute Gasteiger partial charge is 0.394 e. The van der Waals surface area contributed by atoms with Crippen molar-refractivity contribution in [1.29, 1.82) is 0 Å². The van der Waals surface area contributed by atoms with E-state index in [0.717, 1.165) is 19.3 Å². The van der Waals surface area contributed by atoms with Crippen LogP contribution >= 0.6 is 0 Å². The fourth-order valence-electron chi connectivity index (χ4n) is 2.26. The van der Waals surface area contributed by atoms with E-state index in [1.165, 1.54) is 0 Å². The van der Waals surface area contributed by atoms with Crippen LogP contribution in [0.25, 0.3) is 0 Å². The summed E-state index contributed by atoms with van der Waals surface area (Å²) in [6.07, 6.45) is 3.05. The molecule has 3 N–H and O–H groups in total. The summed E-state index contributed by atoms with van der Waals surface area (Å²) in [6, 6.07) is -0.520. The Morgan fingerprint density at radius 1 is 1.47 bits per heavy atom. The van der Waals surface area contributed by atoms with Gasteiger partial charge < -0.3 is 15.5 Å². The summed E-state index contributed by atoms with van der Waals surface area (Å²) >= 11 is 0. The van der Waals surface area contributed by atoms with Gasteiger partial charge in [-0.1, -0.05) is 20.3 Å². The van der Waals surface area contributed by atoms with Crippen molar-refractivity contribution in [1.82, 2.24) is 5.32 Å². The Kier molecular flexibility index (Phi) is 4.11. The molecule has 1 atom stereocenters. The molecule has 15 heavy (non-hydrogen) atoms. The maximum absolute atomic E-state index is 11.9. The van der Waals surface area contributed by atoms with Gasteiger partial charge in [-0.25, -0.2) is 0 Å². The molecular weight excluding hydrogens is 194 g/mol. The highest BCUT2D eigenvalue weighted by molar-refractivity contribution is 5.80. The quantitative estimate of drug-likeness (QED) is 0.631. The molecule has 0 spiro atoms. The molecule has 1 fully saturated rings. The highest BCUT2D eigenvalue weighted by Gasteiger charge is 2.39. The van der Waals surface area contributed by atoms with E-state index in [1.54, 1.807) is 0 Å². The van der Waals surface area contributed by atoms with E-state index in [9.17, 15) is 4.79 Å². The first-order valence-electron chi connectivity index (χ1n) is 5.53. The molecule has 1 aliphatic carbocycles. The lowest BCUT2D eigenvalue weighted by molar-refractivity contribution is -0.129. The molecule has 4 nitrogen and oxygen atoms in total. The average Bonchev–Trinajstić information content (AvgIpc) is 2.54. The van der Waals surface area contributed by atoms with Gasteiger partial charge >= 0.3 is 0 Å². The number of aliphatic hydroxyl groups excluding tert-OH is 2. The number of carbonyl (C=O) groups is 1. The third-order valence-corrected chi connectivity index (χ3v) is 3.36. The van der Waals surface area contributed by atoms with Crippen LogP contribution in [-0.4, -0.2) is 35.4 Å². The topological polar surface area (TPSA) is 69.6 Å². The first-order chi connectivity index (χ1) is 7.01. The Balaban J connectivity index is 2.53. The van der Waals surface area contributed by atoms with Crippen molar-refractivity contribution >= 4 is 5.91 Å². The van der Waals surface area contributed by atoms with Gasteiger partial charge in [-0.3, -0.25) is 4.79 Å². The summed E-state index contributed by atoms with van der Waals surface area (Å²) < 4.78 is 0. The van der Waals surface area contributed by atoms with Crippen LogP contribution in [0.5, 0.6) is 0 Å². The summed E-state index contributed by atoms with van der Waals surface area (Å²) in [4.78, 5) is 11.9. The maximum Gasteiger partial charge on any atom is 0.224 e. The van der Waals surface area contributed by atoms with Crippen molar-refractivity contribution in [3.8, 4) is 0 Å². The van der Waals surface area contributed by atoms with Crippen LogP contribution in [0.3, 0.4) is 0 Å². The minimum Gasteiger partial charge on any atom is -0.394 e. The Morgan fingerprint density at radius 2 is 2.07 bits per heavy atom. The van der Waals surface area contributed by atoms with Crippen molar-refractivity contribution < 1.29 is 15.0 Å². The van der Waals surface area contributed by atoms with E-state index in [4.69, 9.17) is 10.2 Å². The minimum absolute atomic E-state index is 0.0121. The standard InChI is InChI=1S/C11H21NO3/c1-11(2)5-3-4-9(11)10(15)12-8(6-13)7-14/h8-9,13-14H,3-7H2,1-2H3,(H,12,15). The highest BCUT2D eigenvalue weighted by atomic mass is 16.3. The van der Waals surface area contributed by atoms with Gasteiger partial charge in [0.1, 0.15) is 0 Å². The SMILES string of the molecule is CC1(C)CCCC1C(=O)NC(CO)CO. The van der Waals surface area contributed by atoms with E-state index in [0.29, 0.717) is 0 Å². The Labute approximate surface area is 90.7 Å². The van der Waals surface area contributed by atoms with E-state index >= 15 is 0 Å².